The van der Waals surface area contributed by atoms with Gasteiger partial charge in [0.1, 0.15) is 5.75 Å². The van der Waals surface area contributed by atoms with Crippen molar-refractivity contribution in [2.75, 3.05) is 5.32 Å². The number of para-hydroxylation sites is 1. The number of rotatable bonds is 6. The summed E-state index contributed by atoms with van der Waals surface area (Å²) in [7, 11) is 0. The second-order valence-corrected chi connectivity index (χ2v) is 5.15. The largest absolute Gasteiger partial charge is 0.481 e. The van der Waals surface area contributed by atoms with Crippen LogP contribution in [0.3, 0.4) is 0 Å². The van der Waals surface area contributed by atoms with E-state index in [1.807, 2.05) is 25.1 Å². The number of carbonyl (C=O) groups excluding carboxylic acids is 1. The van der Waals surface area contributed by atoms with Crippen LogP contribution >= 0.6 is 0 Å². The average Bonchev–Trinajstić information content (AvgIpc) is 2.55. The lowest BCUT2D eigenvalue weighted by molar-refractivity contribution is -0.122. The summed E-state index contributed by atoms with van der Waals surface area (Å²) >= 11 is 0. The lowest BCUT2D eigenvalue weighted by atomic mass is 10.1. The first-order chi connectivity index (χ1) is 11.0. The normalized spacial score (nSPS) is 11.6. The number of hydrogen-bond acceptors (Lipinski definition) is 3. The van der Waals surface area contributed by atoms with E-state index >= 15 is 0 Å². The Hall–Kier alpha value is -2.82. The first-order valence-corrected chi connectivity index (χ1v) is 7.37. The molecule has 23 heavy (non-hydrogen) atoms. The number of benzene rings is 2. The van der Waals surface area contributed by atoms with Crippen LogP contribution in [-0.4, -0.2) is 23.1 Å². The summed E-state index contributed by atoms with van der Waals surface area (Å²) in [6, 6.07) is 13.7. The molecule has 0 aliphatic carbocycles. The number of aromatic carboxylic acids is 1. The molecule has 0 fully saturated rings. The molecule has 0 saturated carbocycles. The van der Waals surface area contributed by atoms with Gasteiger partial charge < -0.3 is 15.2 Å². The summed E-state index contributed by atoms with van der Waals surface area (Å²) in [5.74, 6) is -0.625. The Morgan fingerprint density at radius 2 is 1.87 bits per heavy atom. The molecule has 5 heteroatoms. The summed E-state index contributed by atoms with van der Waals surface area (Å²) in [5, 5.41) is 11.8. The Morgan fingerprint density at radius 1 is 1.17 bits per heavy atom. The minimum absolute atomic E-state index is 0.188. The smallest absolute Gasteiger partial charge is 0.335 e. The molecule has 0 radical (unpaired) electrons. The first-order valence-electron chi connectivity index (χ1n) is 7.37. The van der Waals surface area contributed by atoms with Gasteiger partial charge in [-0.3, -0.25) is 4.79 Å². The van der Waals surface area contributed by atoms with Crippen LogP contribution in [0.2, 0.25) is 0 Å². The molecule has 0 bridgehead atoms. The summed E-state index contributed by atoms with van der Waals surface area (Å²) in [4.78, 5) is 23.3. The van der Waals surface area contributed by atoms with Crippen molar-refractivity contribution in [2.24, 2.45) is 0 Å². The number of hydrogen-bond donors (Lipinski definition) is 2. The van der Waals surface area contributed by atoms with Crippen LogP contribution in [0.4, 0.5) is 5.69 Å². The van der Waals surface area contributed by atoms with E-state index < -0.39 is 12.1 Å². The Balaban J connectivity index is 2.09. The van der Waals surface area contributed by atoms with E-state index in [0.29, 0.717) is 23.4 Å². The number of amides is 1. The zero-order valence-corrected chi connectivity index (χ0v) is 13.1. The minimum Gasteiger partial charge on any atom is -0.481 e. The van der Waals surface area contributed by atoms with Crippen LogP contribution in [0, 0.1) is 6.92 Å². The number of carboxylic acid groups (broad SMARTS) is 1. The second-order valence-electron chi connectivity index (χ2n) is 5.15. The van der Waals surface area contributed by atoms with Gasteiger partial charge >= 0.3 is 5.97 Å². The monoisotopic (exact) mass is 313 g/mol. The van der Waals surface area contributed by atoms with Crippen molar-refractivity contribution < 1.29 is 19.4 Å². The van der Waals surface area contributed by atoms with Crippen molar-refractivity contribution in [3.63, 3.8) is 0 Å². The fraction of sp³-hybridized carbons (Fsp3) is 0.222. The molecule has 120 valence electrons. The second kappa shape index (κ2) is 7.45. The quantitative estimate of drug-likeness (QED) is 0.856. The van der Waals surface area contributed by atoms with E-state index in [0.717, 1.165) is 0 Å². The molecule has 1 atom stereocenters. The number of nitrogens with one attached hydrogen (secondary N) is 1. The van der Waals surface area contributed by atoms with Crippen LogP contribution < -0.4 is 10.1 Å². The van der Waals surface area contributed by atoms with Crippen LogP contribution in [0.15, 0.2) is 48.5 Å². The van der Waals surface area contributed by atoms with Gasteiger partial charge in [-0.2, -0.15) is 0 Å². The molecule has 1 amide bonds. The van der Waals surface area contributed by atoms with Gasteiger partial charge in [0, 0.05) is 5.69 Å². The van der Waals surface area contributed by atoms with Gasteiger partial charge in [-0.15, -0.1) is 0 Å². The highest BCUT2D eigenvalue weighted by molar-refractivity contribution is 5.96. The van der Waals surface area contributed by atoms with Gasteiger partial charge in [0.15, 0.2) is 6.10 Å². The van der Waals surface area contributed by atoms with Crippen LogP contribution in [0.1, 0.15) is 29.3 Å². The lowest BCUT2D eigenvalue weighted by Crippen LogP contribution is -2.32. The summed E-state index contributed by atoms with van der Waals surface area (Å²) in [6.07, 6.45) is -0.0940. The standard InChI is InChI=1S/C18H19NO4/c1-3-16(23-14-7-5-4-6-8-14)17(20)19-15-10-9-13(18(21)22)11-12(15)2/h4-11,16H,3H2,1-2H3,(H,19,20)(H,21,22). The third-order valence-corrected chi connectivity index (χ3v) is 3.42. The molecule has 2 aromatic rings. The number of anilines is 1. The van der Waals surface area contributed by atoms with Gasteiger partial charge in [-0.05, 0) is 49.2 Å². The Morgan fingerprint density at radius 3 is 2.43 bits per heavy atom. The maximum absolute atomic E-state index is 12.4. The maximum atomic E-state index is 12.4. The van der Waals surface area contributed by atoms with Gasteiger partial charge in [-0.1, -0.05) is 25.1 Å². The fourth-order valence-electron chi connectivity index (χ4n) is 2.14. The molecule has 5 nitrogen and oxygen atoms in total. The molecule has 2 aromatic carbocycles. The topological polar surface area (TPSA) is 75.6 Å². The third-order valence-electron chi connectivity index (χ3n) is 3.42. The van der Waals surface area contributed by atoms with Gasteiger partial charge in [0.05, 0.1) is 5.56 Å². The first kappa shape index (κ1) is 16.5. The van der Waals surface area contributed by atoms with Crippen molar-refractivity contribution in [1.29, 1.82) is 0 Å². The van der Waals surface area contributed by atoms with E-state index in [4.69, 9.17) is 9.84 Å². The van der Waals surface area contributed by atoms with Gasteiger partial charge in [0.2, 0.25) is 0 Å². The van der Waals surface area contributed by atoms with Crippen molar-refractivity contribution in [1.82, 2.24) is 0 Å². The molecule has 0 saturated heterocycles. The van der Waals surface area contributed by atoms with E-state index in [9.17, 15) is 9.59 Å². The Labute approximate surface area is 134 Å². The average molecular weight is 313 g/mol. The molecular weight excluding hydrogens is 294 g/mol. The fourth-order valence-corrected chi connectivity index (χ4v) is 2.14. The highest BCUT2D eigenvalue weighted by atomic mass is 16.5. The molecule has 0 aromatic heterocycles. The van der Waals surface area contributed by atoms with Gasteiger partial charge in [0.25, 0.3) is 5.91 Å². The molecule has 0 spiro atoms. The predicted octanol–water partition coefficient (Wildman–Crippen LogP) is 3.49. The number of carbonyl (C=O) groups is 2. The number of aryl methyl sites for hydroxylation is 1. The lowest BCUT2D eigenvalue weighted by Gasteiger charge is -2.18. The summed E-state index contributed by atoms with van der Waals surface area (Å²) in [6.45, 7) is 3.62. The van der Waals surface area contributed by atoms with E-state index in [1.165, 1.54) is 12.1 Å². The highest BCUT2D eigenvalue weighted by Gasteiger charge is 2.19. The molecule has 2 rings (SSSR count). The summed E-state index contributed by atoms with van der Waals surface area (Å²) < 4.78 is 5.69. The van der Waals surface area contributed by atoms with E-state index in [2.05, 4.69) is 5.32 Å². The van der Waals surface area contributed by atoms with E-state index in [1.54, 1.807) is 25.1 Å². The molecule has 1 unspecified atom stereocenters. The van der Waals surface area contributed by atoms with Crippen LogP contribution in [0.25, 0.3) is 0 Å². The van der Waals surface area contributed by atoms with Crippen molar-refractivity contribution in [2.45, 2.75) is 26.4 Å². The maximum Gasteiger partial charge on any atom is 0.335 e. The van der Waals surface area contributed by atoms with Crippen molar-refractivity contribution in [3.05, 3.63) is 59.7 Å². The van der Waals surface area contributed by atoms with Gasteiger partial charge in [-0.25, -0.2) is 4.79 Å². The number of carboxylic acids is 1. The molecular formula is C18H19NO4. The third kappa shape index (κ3) is 4.32. The SMILES string of the molecule is CCC(Oc1ccccc1)C(=O)Nc1ccc(C(=O)O)cc1C. The molecule has 0 heterocycles. The van der Waals surface area contributed by atoms with Crippen LogP contribution in [0.5, 0.6) is 5.75 Å². The van der Waals surface area contributed by atoms with Crippen molar-refractivity contribution in [3.8, 4) is 5.75 Å². The molecule has 2 N–H and O–H groups in total. The summed E-state index contributed by atoms with van der Waals surface area (Å²) in [5.41, 5.74) is 1.45. The zero-order valence-electron chi connectivity index (χ0n) is 13.1. The predicted molar refractivity (Wildman–Crippen MR) is 87.9 cm³/mol. The highest BCUT2D eigenvalue weighted by Crippen LogP contribution is 2.19. The molecule has 0 aliphatic heterocycles. The molecule has 0 aliphatic rings. The van der Waals surface area contributed by atoms with E-state index in [-0.39, 0.29) is 11.5 Å². The van der Waals surface area contributed by atoms with Crippen molar-refractivity contribution >= 4 is 17.6 Å². The Bertz CT molecular complexity index is 697. The van der Waals surface area contributed by atoms with Crippen LogP contribution in [-0.2, 0) is 4.79 Å². The Kier molecular flexibility index (Phi) is 5.36. The number of ether oxygens (including phenoxy) is 1. The zero-order chi connectivity index (χ0) is 16.8. The minimum atomic E-state index is -0.996.